The van der Waals surface area contributed by atoms with E-state index >= 15 is 0 Å². The van der Waals surface area contributed by atoms with Gasteiger partial charge in [-0.25, -0.2) is 4.68 Å². The lowest BCUT2D eigenvalue weighted by molar-refractivity contribution is 0.0232. The molecule has 0 radical (unpaired) electrons. The van der Waals surface area contributed by atoms with Crippen LogP contribution in [-0.4, -0.2) is 46.3 Å². The molecule has 6 nitrogen and oxygen atoms in total. The Morgan fingerprint density at radius 3 is 2.92 bits per heavy atom. The van der Waals surface area contributed by atoms with Crippen LogP contribution < -0.4 is 10.9 Å². The van der Waals surface area contributed by atoms with Crippen molar-refractivity contribution >= 4 is 0 Å². The van der Waals surface area contributed by atoms with Crippen LogP contribution in [0.1, 0.15) is 55.8 Å². The third-order valence-corrected chi connectivity index (χ3v) is 5.83. The zero-order chi connectivity index (χ0) is 16.6. The molecule has 1 saturated carbocycles. The van der Waals surface area contributed by atoms with Crippen LogP contribution in [0.25, 0.3) is 0 Å². The number of aryl methyl sites for hydroxylation is 2. The van der Waals surface area contributed by atoms with Gasteiger partial charge in [0.25, 0.3) is 5.56 Å². The van der Waals surface area contributed by atoms with Crippen LogP contribution >= 0.6 is 0 Å². The Hall–Kier alpha value is -1.24. The third kappa shape index (κ3) is 3.27. The highest BCUT2D eigenvalue weighted by atomic mass is 16.5. The Morgan fingerprint density at radius 2 is 2.17 bits per heavy atom. The van der Waals surface area contributed by atoms with Gasteiger partial charge in [-0.1, -0.05) is 0 Å². The van der Waals surface area contributed by atoms with Crippen molar-refractivity contribution in [2.24, 2.45) is 0 Å². The molecule has 2 fully saturated rings. The van der Waals surface area contributed by atoms with Crippen molar-refractivity contribution in [3.63, 3.8) is 0 Å². The Bertz CT molecular complexity index is 643. The Kier molecular flexibility index (Phi) is 4.45. The van der Waals surface area contributed by atoms with E-state index in [1.807, 2.05) is 0 Å². The van der Waals surface area contributed by atoms with Crippen molar-refractivity contribution in [3.05, 3.63) is 27.7 Å². The summed E-state index contributed by atoms with van der Waals surface area (Å²) in [6.45, 7) is 1.68. The van der Waals surface area contributed by atoms with Gasteiger partial charge in [-0.05, 0) is 50.5 Å². The summed E-state index contributed by atoms with van der Waals surface area (Å²) in [5.74, 6) is 0. The molecule has 1 aliphatic heterocycles. The van der Waals surface area contributed by atoms with Crippen molar-refractivity contribution < 1.29 is 9.84 Å². The summed E-state index contributed by atoms with van der Waals surface area (Å²) in [4.78, 5) is 12.3. The second-order valence-electron chi connectivity index (χ2n) is 7.67. The van der Waals surface area contributed by atoms with Gasteiger partial charge in [0.2, 0.25) is 0 Å². The number of nitrogens with zero attached hydrogens (tertiary/aromatic N) is 2. The highest BCUT2D eigenvalue weighted by molar-refractivity contribution is 5.22. The Morgan fingerprint density at radius 1 is 1.33 bits per heavy atom. The van der Waals surface area contributed by atoms with Gasteiger partial charge >= 0.3 is 0 Å². The zero-order valence-corrected chi connectivity index (χ0v) is 14.2. The lowest BCUT2D eigenvalue weighted by Crippen LogP contribution is -2.46. The average Bonchev–Trinajstić information content (AvgIpc) is 3.22. The van der Waals surface area contributed by atoms with Crippen molar-refractivity contribution in [2.75, 3.05) is 19.8 Å². The van der Waals surface area contributed by atoms with Crippen LogP contribution in [-0.2, 0) is 17.6 Å². The van der Waals surface area contributed by atoms with Gasteiger partial charge in [0.15, 0.2) is 0 Å². The molecule has 1 unspecified atom stereocenters. The van der Waals surface area contributed by atoms with Crippen LogP contribution in [0.2, 0.25) is 0 Å². The van der Waals surface area contributed by atoms with Gasteiger partial charge in [0.05, 0.1) is 18.3 Å². The number of rotatable bonds is 4. The maximum atomic E-state index is 12.3. The molecule has 1 aromatic heterocycles. The summed E-state index contributed by atoms with van der Waals surface area (Å²) >= 11 is 0. The maximum Gasteiger partial charge on any atom is 0.267 e. The summed E-state index contributed by atoms with van der Waals surface area (Å²) in [5.41, 5.74) is 1.64. The van der Waals surface area contributed by atoms with Crippen LogP contribution in [0.3, 0.4) is 0 Å². The molecule has 0 spiro atoms. The molecular formula is C18H27N3O3. The summed E-state index contributed by atoms with van der Waals surface area (Å²) in [6.07, 6.45) is 7.82. The van der Waals surface area contributed by atoms with Crippen molar-refractivity contribution in [2.45, 2.75) is 69.1 Å². The van der Waals surface area contributed by atoms with E-state index in [1.54, 1.807) is 10.7 Å². The molecule has 2 heterocycles. The molecule has 1 atom stereocenters. The first-order valence-electron chi connectivity index (χ1n) is 9.28. The fourth-order valence-corrected chi connectivity index (χ4v) is 4.27. The van der Waals surface area contributed by atoms with Crippen molar-refractivity contribution in [3.8, 4) is 0 Å². The molecule has 0 amide bonds. The summed E-state index contributed by atoms with van der Waals surface area (Å²) in [5, 5.41) is 18.5. The molecule has 1 saturated heterocycles. The predicted molar refractivity (Wildman–Crippen MR) is 90.2 cm³/mol. The molecule has 0 bridgehead atoms. The molecule has 3 aliphatic rings. The molecule has 4 rings (SSSR count). The van der Waals surface area contributed by atoms with E-state index in [4.69, 9.17) is 4.74 Å². The minimum Gasteiger partial charge on any atom is -0.386 e. The van der Waals surface area contributed by atoms with E-state index in [0.29, 0.717) is 32.2 Å². The molecule has 132 valence electrons. The topological polar surface area (TPSA) is 76.4 Å². The molecule has 6 heteroatoms. The van der Waals surface area contributed by atoms with Gasteiger partial charge in [-0.15, -0.1) is 0 Å². The van der Waals surface area contributed by atoms with Gasteiger partial charge in [-0.2, -0.15) is 5.10 Å². The van der Waals surface area contributed by atoms with Gasteiger partial charge in [-0.3, -0.25) is 4.79 Å². The van der Waals surface area contributed by atoms with E-state index < -0.39 is 5.60 Å². The fraction of sp³-hybridized carbons (Fsp3) is 0.778. The molecule has 24 heavy (non-hydrogen) atoms. The Balaban J connectivity index is 1.34. The molecular weight excluding hydrogens is 306 g/mol. The fourth-order valence-electron chi connectivity index (χ4n) is 4.27. The first-order chi connectivity index (χ1) is 11.6. The number of hydrogen-bond acceptors (Lipinski definition) is 5. The van der Waals surface area contributed by atoms with E-state index in [1.165, 1.54) is 0 Å². The predicted octanol–water partition coefficient (Wildman–Crippen LogP) is 0.957. The van der Waals surface area contributed by atoms with Crippen LogP contribution in [0.15, 0.2) is 10.9 Å². The monoisotopic (exact) mass is 333 g/mol. The van der Waals surface area contributed by atoms with E-state index in [-0.39, 0.29) is 11.6 Å². The van der Waals surface area contributed by atoms with Crippen LogP contribution in [0.4, 0.5) is 0 Å². The van der Waals surface area contributed by atoms with E-state index in [9.17, 15) is 9.90 Å². The number of aliphatic hydroxyl groups is 1. The normalized spacial score (nSPS) is 32.9. The number of fused-ring (bicyclic) bond motifs is 1. The number of nitrogens with one attached hydrogen (secondary N) is 1. The quantitative estimate of drug-likeness (QED) is 0.858. The van der Waals surface area contributed by atoms with Crippen LogP contribution in [0, 0.1) is 0 Å². The van der Waals surface area contributed by atoms with Gasteiger partial charge in [0.1, 0.15) is 5.60 Å². The maximum absolute atomic E-state index is 12.3. The average molecular weight is 333 g/mol. The number of hydrogen-bond donors (Lipinski definition) is 2. The minimum atomic E-state index is -0.699. The lowest BCUT2D eigenvalue weighted by Gasteiger charge is -2.32. The van der Waals surface area contributed by atoms with E-state index in [2.05, 4.69) is 10.4 Å². The lowest BCUT2D eigenvalue weighted by atomic mass is 9.90. The largest absolute Gasteiger partial charge is 0.386 e. The molecule has 2 N–H and O–H groups in total. The zero-order valence-electron chi connectivity index (χ0n) is 14.2. The summed E-state index contributed by atoms with van der Waals surface area (Å²) < 4.78 is 7.02. The van der Waals surface area contributed by atoms with E-state index in [0.717, 1.165) is 56.2 Å². The minimum absolute atomic E-state index is 0.0597. The third-order valence-electron chi connectivity index (χ3n) is 5.83. The second kappa shape index (κ2) is 6.58. The van der Waals surface area contributed by atoms with Crippen molar-refractivity contribution in [1.82, 2.24) is 15.1 Å². The molecule has 0 aromatic carbocycles. The first-order valence-corrected chi connectivity index (χ1v) is 9.28. The SMILES string of the molecule is O=c1cc2c(nn1C1CCC(NCC3(O)CCOC3)CC1)CCC2. The summed E-state index contributed by atoms with van der Waals surface area (Å²) in [7, 11) is 0. The van der Waals surface area contributed by atoms with Crippen molar-refractivity contribution in [1.29, 1.82) is 0 Å². The highest BCUT2D eigenvalue weighted by Gasteiger charge is 2.33. The molecule has 2 aliphatic carbocycles. The molecule has 1 aromatic rings. The first kappa shape index (κ1) is 16.2. The number of ether oxygens (including phenoxy) is 1. The van der Waals surface area contributed by atoms with Gasteiger partial charge in [0, 0.05) is 31.7 Å². The standard InChI is InChI=1S/C18H27N3O3/c22-17-10-13-2-1-3-16(13)20-21(17)15-6-4-14(5-7-15)19-11-18(23)8-9-24-12-18/h10,14-15,19,23H,1-9,11-12H2. The smallest absolute Gasteiger partial charge is 0.267 e. The number of aromatic nitrogens is 2. The van der Waals surface area contributed by atoms with Crippen LogP contribution in [0.5, 0.6) is 0 Å². The van der Waals surface area contributed by atoms with Gasteiger partial charge < -0.3 is 15.2 Å². The highest BCUT2D eigenvalue weighted by Crippen LogP contribution is 2.28. The Labute approximate surface area is 142 Å². The second-order valence-corrected chi connectivity index (χ2v) is 7.67. The summed E-state index contributed by atoms with van der Waals surface area (Å²) in [6, 6.07) is 2.44.